The average Bonchev–Trinajstić information content (AvgIpc) is 2.93. The second-order valence-corrected chi connectivity index (χ2v) is 8.93. The first kappa shape index (κ1) is 21.7. The predicted octanol–water partition coefficient (Wildman–Crippen LogP) is 4.45. The van der Waals surface area contributed by atoms with Gasteiger partial charge < -0.3 is 19.9 Å². The lowest BCUT2D eigenvalue weighted by Crippen LogP contribution is -2.25. The fourth-order valence-corrected chi connectivity index (χ4v) is 3.64. The molecule has 0 radical (unpaired) electrons. The van der Waals surface area contributed by atoms with Gasteiger partial charge in [0.1, 0.15) is 11.4 Å². The van der Waals surface area contributed by atoms with Crippen LogP contribution in [0.15, 0.2) is 33.3 Å². The molecule has 2 N–H and O–H groups in total. The molecule has 0 aliphatic carbocycles. The van der Waals surface area contributed by atoms with Crippen molar-refractivity contribution >= 4 is 60.4 Å². The largest absolute Gasteiger partial charge is 0.492 e. The number of amides is 1. The Morgan fingerprint density at radius 2 is 2.08 bits per heavy atom. The van der Waals surface area contributed by atoms with Gasteiger partial charge in [-0.3, -0.25) is 4.79 Å². The Hall–Kier alpha value is -0.580. The minimum absolute atomic E-state index is 0.128. The van der Waals surface area contributed by atoms with Crippen molar-refractivity contribution in [3.05, 3.63) is 48.2 Å². The molecule has 0 unspecified atom stereocenters. The third-order valence-corrected chi connectivity index (χ3v) is 6.30. The number of carbonyl (C=O) groups excluding carboxylic acids is 1. The monoisotopic (exact) mass is 597 g/mol. The predicted molar refractivity (Wildman–Crippen MR) is 120 cm³/mol. The molecule has 1 aromatic carbocycles. The summed E-state index contributed by atoms with van der Waals surface area (Å²) in [5, 5.41) is 2.88. The summed E-state index contributed by atoms with van der Waals surface area (Å²) in [6.45, 7) is 2.15. The minimum Gasteiger partial charge on any atom is -0.492 e. The fraction of sp³-hybridized carbons (Fsp3) is 0.389. The molecule has 5 nitrogen and oxygen atoms in total. The Kier molecular flexibility index (Phi) is 8.92. The van der Waals surface area contributed by atoms with Gasteiger partial charge >= 0.3 is 0 Å². The van der Waals surface area contributed by atoms with Crippen LogP contribution in [-0.4, -0.2) is 49.6 Å². The Labute approximate surface area is 184 Å². The van der Waals surface area contributed by atoms with Crippen LogP contribution in [0.2, 0.25) is 0 Å². The van der Waals surface area contributed by atoms with Gasteiger partial charge in [0.2, 0.25) is 0 Å². The number of carbonyl (C=O) groups is 1. The lowest BCUT2D eigenvalue weighted by molar-refractivity contribution is 0.0947. The molecular formula is C18H22Br2IN3O2. The summed E-state index contributed by atoms with van der Waals surface area (Å²) in [5.74, 6) is 0.763. The molecule has 8 heteroatoms. The number of H-pyrrole nitrogens is 1. The molecule has 2 aromatic rings. The number of benzene rings is 1. The molecule has 0 atom stereocenters. The van der Waals surface area contributed by atoms with E-state index in [4.69, 9.17) is 4.74 Å². The van der Waals surface area contributed by atoms with Gasteiger partial charge in [0.25, 0.3) is 5.91 Å². The van der Waals surface area contributed by atoms with E-state index in [0.29, 0.717) is 18.8 Å². The lowest BCUT2D eigenvalue weighted by Gasteiger charge is -2.12. The van der Waals surface area contributed by atoms with Gasteiger partial charge in [-0.15, -0.1) is 0 Å². The Morgan fingerprint density at radius 3 is 2.69 bits per heavy atom. The summed E-state index contributed by atoms with van der Waals surface area (Å²) in [7, 11) is 4.16. The van der Waals surface area contributed by atoms with Crippen molar-refractivity contribution in [1.29, 1.82) is 0 Å². The highest BCUT2D eigenvalue weighted by Gasteiger charge is 2.10. The third kappa shape index (κ3) is 6.86. The lowest BCUT2D eigenvalue weighted by atomic mass is 10.1. The molecule has 142 valence electrons. The molecule has 0 bridgehead atoms. The molecule has 0 aliphatic rings. The number of halogens is 3. The van der Waals surface area contributed by atoms with Crippen LogP contribution in [0.5, 0.6) is 5.75 Å². The first-order valence-electron chi connectivity index (χ1n) is 8.25. The molecule has 0 saturated heterocycles. The zero-order valence-electron chi connectivity index (χ0n) is 14.7. The maximum atomic E-state index is 12.0. The van der Waals surface area contributed by atoms with E-state index in [1.54, 1.807) is 6.07 Å². The van der Waals surface area contributed by atoms with Crippen LogP contribution in [0.25, 0.3) is 0 Å². The van der Waals surface area contributed by atoms with Crippen molar-refractivity contribution in [3.63, 3.8) is 0 Å². The van der Waals surface area contributed by atoms with Crippen LogP contribution in [0.1, 0.15) is 22.5 Å². The summed E-state index contributed by atoms with van der Waals surface area (Å²) < 4.78 is 8.54. The number of aromatic nitrogens is 1. The highest BCUT2D eigenvalue weighted by molar-refractivity contribution is 14.1. The van der Waals surface area contributed by atoms with Gasteiger partial charge in [-0.1, -0.05) is 6.07 Å². The molecule has 0 fully saturated rings. The molecule has 0 spiro atoms. The number of nitrogens with one attached hydrogen (secondary N) is 2. The van der Waals surface area contributed by atoms with E-state index in [2.05, 4.69) is 95.9 Å². The maximum Gasteiger partial charge on any atom is 0.267 e. The number of nitrogens with zero attached hydrogens (tertiary/aromatic N) is 1. The molecule has 0 aliphatic heterocycles. The number of hydrogen-bond acceptors (Lipinski definition) is 3. The number of rotatable bonds is 9. The zero-order chi connectivity index (χ0) is 19.1. The van der Waals surface area contributed by atoms with Gasteiger partial charge in [0.05, 0.1) is 19.3 Å². The second kappa shape index (κ2) is 10.7. The van der Waals surface area contributed by atoms with Crippen molar-refractivity contribution in [2.24, 2.45) is 0 Å². The van der Waals surface area contributed by atoms with E-state index in [9.17, 15) is 4.79 Å². The van der Waals surface area contributed by atoms with Gasteiger partial charge in [-0.2, -0.15) is 0 Å². The van der Waals surface area contributed by atoms with Gasteiger partial charge in [-0.25, -0.2) is 0 Å². The van der Waals surface area contributed by atoms with Crippen LogP contribution >= 0.6 is 54.5 Å². The van der Waals surface area contributed by atoms with Crippen LogP contribution in [-0.2, 0) is 6.42 Å². The quantitative estimate of drug-likeness (QED) is 0.331. The van der Waals surface area contributed by atoms with Crippen LogP contribution in [0, 0.1) is 3.57 Å². The first-order valence-corrected chi connectivity index (χ1v) is 10.9. The Morgan fingerprint density at radius 1 is 1.31 bits per heavy atom. The van der Waals surface area contributed by atoms with Gasteiger partial charge in [0.15, 0.2) is 0 Å². The van der Waals surface area contributed by atoms with Gasteiger partial charge in [0, 0.05) is 13.1 Å². The molecule has 1 aromatic heterocycles. The topological polar surface area (TPSA) is 57.4 Å². The van der Waals surface area contributed by atoms with Crippen molar-refractivity contribution in [2.75, 3.05) is 33.8 Å². The average molecular weight is 599 g/mol. The number of hydrogen-bond donors (Lipinski definition) is 2. The van der Waals surface area contributed by atoms with Crippen molar-refractivity contribution < 1.29 is 9.53 Å². The molecule has 0 saturated carbocycles. The second-order valence-electron chi connectivity index (χ2n) is 6.12. The first-order chi connectivity index (χ1) is 12.4. The molecule has 1 heterocycles. The van der Waals surface area contributed by atoms with E-state index < -0.39 is 0 Å². The standard InChI is InChI=1S/C18H22Br2IN3O2/c1-24(2)8-6-12-4-5-16(14(21)10-12)26-9-3-7-22-18(25)15-11-13(19)17(20)23-15/h4-5,10-11,23H,3,6-9H2,1-2H3,(H,22,25). The van der Waals surface area contributed by atoms with E-state index in [1.165, 1.54) is 5.56 Å². The normalized spacial score (nSPS) is 11.0. The van der Waals surface area contributed by atoms with Crippen LogP contribution < -0.4 is 10.1 Å². The summed E-state index contributed by atoms with van der Waals surface area (Å²) in [4.78, 5) is 17.2. The SMILES string of the molecule is CN(C)CCc1ccc(OCCCNC(=O)c2cc(Br)c(Br)[nH]2)c(I)c1. The maximum absolute atomic E-state index is 12.0. The van der Waals surface area contributed by atoms with Crippen LogP contribution in [0.3, 0.4) is 0 Å². The zero-order valence-corrected chi connectivity index (χ0v) is 20.1. The number of ether oxygens (including phenoxy) is 1. The molecular weight excluding hydrogens is 577 g/mol. The highest BCUT2D eigenvalue weighted by atomic mass is 127. The summed E-state index contributed by atoms with van der Waals surface area (Å²) in [6, 6.07) is 8.06. The van der Waals surface area contributed by atoms with Crippen molar-refractivity contribution in [2.45, 2.75) is 12.8 Å². The van der Waals surface area contributed by atoms with Gasteiger partial charge in [-0.05, 0) is 105 Å². The molecule has 26 heavy (non-hydrogen) atoms. The highest BCUT2D eigenvalue weighted by Crippen LogP contribution is 2.23. The third-order valence-electron chi connectivity index (χ3n) is 3.68. The minimum atomic E-state index is -0.128. The summed E-state index contributed by atoms with van der Waals surface area (Å²) in [6.07, 6.45) is 1.77. The Balaban J connectivity index is 1.71. The number of aromatic amines is 1. The van der Waals surface area contributed by atoms with E-state index >= 15 is 0 Å². The Bertz CT molecular complexity index is 731. The molecule has 2 rings (SSSR count). The molecule has 1 amide bonds. The van der Waals surface area contributed by atoms with E-state index in [-0.39, 0.29) is 5.91 Å². The smallest absolute Gasteiger partial charge is 0.267 e. The number of likely N-dealkylation sites (N-methyl/N-ethyl adjacent to an activating group) is 1. The summed E-state index contributed by atoms with van der Waals surface area (Å²) in [5.41, 5.74) is 1.83. The fourth-order valence-electron chi connectivity index (χ4n) is 2.25. The summed E-state index contributed by atoms with van der Waals surface area (Å²) >= 11 is 8.98. The van der Waals surface area contributed by atoms with Crippen molar-refractivity contribution in [3.8, 4) is 5.75 Å². The van der Waals surface area contributed by atoms with Crippen LogP contribution in [0.4, 0.5) is 0 Å². The van der Waals surface area contributed by atoms with E-state index in [1.807, 2.05) is 6.07 Å². The van der Waals surface area contributed by atoms with Crippen molar-refractivity contribution in [1.82, 2.24) is 15.2 Å². The van der Waals surface area contributed by atoms with E-state index in [0.717, 1.165) is 37.8 Å².